The third-order valence-corrected chi connectivity index (χ3v) is 3.95. The Labute approximate surface area is 136 Å². The fourth-order valence-corrected chi connectivity index (χ4v) is 2.67. The van der Waals surface area contributed by atoms with Crippen LogP contribution in [0.5, 0.6) is 11.5 Å². The van der Waals surface area contributed by atoms with Crippen LogP contribution in [0.2, 0.25) is 0 Å². The number of rotatable bonds is 5. The van der Waals surface area contributed by atoms with E-state index in [0.29, 0.717) is 26.2 Å². The lowest BCUT2D eigenvalue weighted by molar-refractivity contribution is -0.120. The molecule has 4 nitrogen and oxygen atoms in total. The molecule has 0 bridgehead atoms. The maximum absolute atomic E-state index is 12.1. The Morgan fingerprint density at radius 2 is 1.87 bits per heavy atom. The first-order valence-corrected chi connectivity index (χ1v) is 7.92. The van der Waals surface area contributed by atoms with Crippen LogP contribution >= 0.6 is 0 Å². The number of hydrogen-bond acceptors (Lipinski definition) is 3. The number of nitrogens with one attached hydrogen (secondary N) is 1. The first kappa shape index (κ1) is 15.4. The largest absolute Gasteiger partial charge is 0.486 e. The molecule has 1 aliphatic heterocycles. The number of carbonyl (C=O) groups excluding carboxylic acids is 1. The molecular formula is C19H21NO3. The van der Waals surface area contributed by atoms with Gasteiger partial charge in [-0.3, -0.25) is 4.79 Å². The monoisotopic (exact) mass is 311 g/mol. The molecule has 0 saturated heterocycles. The number of carbonyl (C=O) groups is 1. The molecule has 4 heteroatoms. The van der Waals surface area contributed by atoms with Gasteiger partial charge in [0.2, 0.25) is 5.91 Å². The molecule has 0 aliphatic carbocycles. The topological polar surface area (TPSA) is 47.6 Å². The van der Waals surface area contributed by atoms with E-state index in [1.165, 1.54) is 11.1 Å². The SMILES string of the molecule is Cc1ccccc1CCNC(=O)Cc1ccc2c(c1)OCCO2. The lowest BCUT2D eigenvalue weighted by Crippen LogP contribution is -2.27. The van der Waals surface area contributed by atoms with Crippen molar-refractivity contribution in [3.63, 3.8) is 0 Å². The predicted octanol–water partition coefficient (Wildman–Crippen LogP) is 2.67. The minimum atomic E-state index is 0.0234. The summed E-state index contributed by atoms with van der Waals surface area (Å²) < 4.78 is 11.0. The van der Waals surface area contributed by atoms with E-state index in [2.05, 4.69) is 24.4 Å². The van der Waals surface area contributed by atoms with E-state index < -0.39 is 0 Å². The van der Waals surface area contributed by atoms with E-state index >= 15 is 0 Å². The first-order valence-electron chi connectivity index (χ1n) is 7.92. The highest BCUT2D eigenvalue weighted by Gasteiger charge is 2.13. The number of aryl methyl sites for hydroxylation is 1. The van der Waals surface area contributed by atoms with Crippen molar-refractivity contribution < 1.29 is 14.3 Å². The zero-order valence-electron chi connectivity index (χ0n) is 13.3. The van der Waals surface area contributed by atoms with Gasteiger partial charge in [-0.1, -0.05) is 30.3 Å². The van der Waals surface area contributed by atoms with Crippen molar-refractivity contribution in [3.8, 4) is 11.5 Å². The molecule has 1 N–H and O–H groups in total. The van der Waals surface area contributed by atoms with Crippen LogP contribution in [0.25, 0.3) is 0 Å². The van der Waals surface area contributed by atoms with Gasteiger partial charge in [0.15, 0.2) is 11.5 Å². The normalized spacial score (nSPS) is 12.7. The van der Waals surface area contributed by atoms with Crippen LogP contribution in [0.3, 0.4) is 0 Å². The highest BCUT2D eigenvalue weighted by molar-refractivity contribution is 5.78. The van der Waals surface area contributed by atoms with Crippen LogP contribution in [-0.2, 0) is 17.6 Å². The summed E-state index contributed by atoms with van der Waals surface area (Å²) in [4.78, 5) is 12.1. The first-order chi connectivity index (χ1) is 11.2. The van der Waals surface area contributed by atoms with Crippen LogP contribution in [0.4, 0.5) is 0 Å². The summed E-state index contributed by atoms with van der Waals surface area (Å²) in [7, 11) is 0. The van der Waals surface area contributed by atoms with Crippen LogP contribution in [0, 0.1) is 6.92 Å². The minimum Gasteiger partial charge on any atom is -0.486 e. The zero-order valence-corrected chi connectivity index (χ0v) is 13.3. The summed E-state index contributed by atoms with van der Waals surface area (Å²) in [5.74, 6) is 1.50. The van der Waals surface area contributed by atoms with Gasteiger partial charge in [-0.05, 0) is 42.2 Å². The summed E-state index contributed by atoms with van der Waals surface area (Å²) in [6.07, 6.45) is 1.20. The van der Waals surface area contributed by atoms with Gasteiger partial charge in [-0.25, -0.2) is 0 Å². The molecule has 2 aromatic carbocycles. The smallest absolute Gasteiger partial charge is 0.224 e. The van der Waals surface area contributed by atoms with Gasteiger partial charge >= 0.3 is 0 Å². The standard InChI is InChI=1S/C19H21NO3/c1-14-4-2-3-5-16(14)8-9-20-19(21)13-15-6-7-17-18(12-15)23-11-10-22-17/h2-7,12H,8-11,13H2,1H3,(H,20,21). The van der Waals surface area contributed by atoms with Gasteiger partial charge in [0.05, 0.1) is 6.42 Å². The average molecular weight is 311 g/mol. The molecule has 1 amide bonds. The maximum Gasteiger partial charge on any atom is 0.224 e. The quantitative estimate of drug-likeness (QED) is 0.923. The Balaban J connectivity index is 1.50. The third kappa shape index (κ3) is 4.03. The lowest BCUT2D eigenvalue weighted by atomic mass is 10.1. The fourth-order valence-electron chi connectivity index (χ4n) is 2.67. The van der Waals surface area contributed by atoms with E-state index in [0.717, 1.165) is 23.5 Å². The average Bonchev–Trinajstić information content (AvgIpc) is 2.56. The molecule has 1 aliphatic rings. The highest BCUT2D eigenvalue weighted by Crippen LogP contribution is 2.30. The van der Waals surface area contributed by atoms with Gasteiger partial charge in [0.1, 0.15) is 13.2 Å². The second-order valence-corrected chi connectivity index (χ2v) is 5.68. The molecule has 1 heterocycles. The van der Waals surface area contributed by atoms with Crippen LogP contribution < -0.4 is 14.8 Å². The molecule has 23 heavy (non-hydrogen) atoms. The molecule has 0 fully saturated rings. The molecule has 2 aromatic rings. The summed E-state index contributed by atoms with van der Waals surface area (Å²) in [5.41, 5.74) is 3.46. The molecule has 0 atom stereocenters. The van der Waals surface area contributed by atoms with E-state index in [1.807, 2.05) is 30.3 Å². The molecular weight excluding hydrogens is 290 g/mol. The van der Waals surface area contributed by atoms with E-state index in [4.69, 9.17) is 9.47 Å². The van der Waals surface area contributed by atoms with Gasteiger partial charge in [-0.2, -0.15) is 0 Å². The molecule has 0 saturated carbocycles. The van der Waals surface area contributed by atoms with Crippen molar-refractivity contribution >= 4 is 5.91 Å². The van der Waals surface area contributed by atoms with Gasteiger partial charge in [0.25, 0.3) is 0 Å². The second-order valence-electron chi connectivity index (χ2n) is 5.68. The summed E-state index contributed by atoms with van der Waals surface area (Å²) in [6, 6.07) is 13.9. The number of fused-ring (bicyclic) bond motifs is 1. The van der Waals surface area contributed by atoms with Crippen molar-refractivity contribution in [2.24, 2.45) is 0 Å². The van der Waals surface area contributed by atoms with Crippen LogP contribution in [-0.4, -0.2) is 25.7 Å². The van der Waals surface area contributed by atoms with Crippen molar-refractivity contribution in [2.75, 3.05) is 19.8 Å². The Hall–Kier alpha value is -2.49. The Morgan fingerprint density at radius 3 is 2.70 bits per heavy atom. The van der Waals surface area contributed by atoms with E-state index in [1.54, 1.807) is 0 Å². The van der Waals surface area contributed by atoms with Crippen molar-refractivity contribution in [1.29, 1.82) is 0 Å². The Kier molecular flexibility index (Phi) is 4.81. The fraction of sp³-hybridized carbons (Fsp3) is 0.316. The maximum atomic E-state index is 12.1. The highest BCUT2D eigenvalue weighted by atomic mass is 16.6. The Bertz CT molecular complexity index is 697. The molecule has 0 unspecified atom stereocenters. The molecule has 0 aromatic heterocycles. The molecule has 0 radical (unpaired) electrons. The van der Waals surface area contributed by atoms with Crippen LogP contribution in [0.15, 0.2) is 42.5 Å². The zero-order chi connectivity index (χ0) is 16.1. The third-order valence-electron chi connectivity index (χ3n) is 3.95. The van der Waals surface area contributed by atoms with Crippen molar-refractivity contribution in [1.82, 2.24) is 5.32 Å². The summed E-state index contributed by atoms with van der Waals surface area (Å²) >= 11 is 0. The number of ether oxygens (including phenoxy) is 2. The summed E-state index contributed by atoms with van der Waals surface area (Å²) in [5, 5.41) is 2.98. The van der Waals surface area contributed by atoms with E-state index in [9.17, 15) is 4.79 Å². The molecule has 3 rings (SSSR count). The van der Waals surface area contributed by atoms with Gasteiger partial charge in [0, 0.05) is 6.54 Å². The molecule has 120 valence electrons. The van der Waals surface area contributed by atoms with E-state index in [-0.39, 0.29) is 5.91 Å². The van der Waals surface area contributed by atoms with Gasteiger partial charge in [-0.15, -0.1) is 0 Å². The molecule has 0 spiro atoms. The minimum absolute atomic E-state index is 0.0234. The lowest BCUT2D eigenvalue weighted by Gasteiger charge is -2.18. The Morgan fingerprint density at radius 1 is 1.09 bits per heavy atom. The van der Waals surface area contributed by atoms with Gasteiger partial charge < -0.3 is 14.8 Å². The van der Waals surface area contributed by atoms with Crippen molar-refractivity contribution in [3.05, 3.63) is 59.2 Å². The number of benzene rings is 2. The summed E-state index contributed by atoms with van der Waals surface area (Å²) in [6.45, 7) is 3.87. The number of hydrogen-bond donors (Lipinski definition) is 1. The van der Waals surface area contributed by atoms with Crippen molar-refractivity contribution in [2.45, 2.75) is 19.8 Å². The van der Waals surface area contributed by atoms with Crippen LogP contribution in [0.1, 0.15) is 16.7 Å². The number of amides is 1. The predicted molar refractivity (Wildman–Crippen MR) is 89.0 cm³/mol. The second kappa shape index (κ2) is 7.18.